The van der Waals surface area contributed by atoms with Crippen LogP contribution >= 0.6 is 0 Å². The van der Waals surface area contributed by atoms with E-state index in [-0.39, 0.29) is 0 Å². The predicted molar refractivity (Wildman–Crippen MR) is 75.2 cm³/mol. The molecule has 3 heterocycles. The van der Waals surface area contributed by atoms with E-state index in [9.17, 15) is 0 Å². The Morgan fingerprint density at radius 3 is 3.00 bits per heavy atom. The molecule has 2 aromatic rings. The molecule has 1 aliphatic carbocycles. The Morgan fingerprint density at radius 1 is 1.32 bits per heavy atom. The van der Waals surface area contributed by atoms with Crippen LogP contribution in [0, 0.1) is 0 Å². The highest BCUT2D eigenvalue weighted by molar-refractivity contribution is 5.75. The summed E-state index contributed by atoms with van der Waals surface area (Å²) in [7, 11) is 0. The minimum absolute atomic E-state index is 0.601. The van der Waals surface area contributed by atoms with Crippen molar-refractivity contribution >= 4 is 11.0 Å². The second kappa shape index (κ2) is 4.30. The van der Waals surface area contributed by atoms with E-state index in [1.54, 1.807) is 0 Å². The Kier molecular flexibility index (Phi) is 2.58. The van der Waals surface area contributed by atoms with E-state index in [1.807, 2.05) is 12.4 Å². The van der Waals surface area contributed by atoms with Gasteiger partial charge in [0, 0.05) is 24.2 Å². The highest BCUT2D eigenvalue weighted by atomic mass is 15.1. The first-order valence-corrected chi connectivity index (χ1v) is 7.38. The molecule has 4 nitrogen and oxygen atoms in total. The zero-order chi connectivity index (χ0) is 12.8. The number of hydrogen-bond acceptors (Lipinski definition) is 3. The molecule has 1 aliphatic heterocycles. The first kappa shape index (κ1) is 11.4. The summed E-state index contributed by atoms with van der Waals surface area (Å²) in [5, 5.41) is 3.53. The Hall–Kier alpha value is -1.42. The number of nitrogens with one attached hydrogen (secondary N) is 1. The van der Waals surface area contributed by atoms with Crippen molar-refractivity contribution < 1.29 is 0 Å². The highest BCUT2D eigenvalue weighted by Gasteiger charge is 2.32. The molecular weight excluding hydrogens is 236 g/mol. The monoisotopic (exact) mass is 256 g/mol. The van der Waals surface area contributed by atoms with Gasteiger partial charge in [0.1, 0.15) is 11.3 Å². The largest absolute Gasteiger partial charge is 0.325 e. The van der Waals surface area contributed by atoms with Crippen LogP contribution in [0.4, 0.5) is 0 Å². The van der Waals surface area contributed by atoms with Crippen LogP contribution in [0.3, 0.4) is 0 Å². The number of rotatable bonds is 2. The van der Waals surface area contributed by atoms with Gasteiger partial charge in [0.25, 0.3) is 0 Å². The average Bonchev–Trinajstić information content (AvgIpc) is 3.18. The lowest BCUT2D eigenvalue weighted by molar-refractivity contribution is 0.364. The van der Waals surface area contributed by atoms with Crippen LogP contribution in [0.1, 0.15) is 50.4 Å². The summed E-state index contributed by atoms with van der Waals surface area (Å²) in [4.78, 5) is 9.12. The number of pyridine rings is 1. The van der Waals surface area contributed by atoms with E-state index in [1.165, 1.54) is 37.0 Å². The van der Waals surface area contributed by atoms with Crippen LogP contribution in [-0.2, 0) is 0 Å². The number of imidazole rings is 1. The summed E-state index contributed by atoms with van der Waals surface area (Å²) in [5.74, 6) is 1.91. The molecule has 2 aliphatic rings. The maximum Gasteiger partial charge on any atom is 0.113 e. The quantitative estimate of drug-likeness (QED) is 0.898. The molecular formula is C15H20N4. The lowest BCUT2D eigenvalue weighted by Gasteiger charge is -2.28. The smallest absolute Gasteiger partial charge is 0.113 e. The van der Waals surface area contributed by atoms with Crippen molar-refractivity contribution in [3.05, 3.63) is 24.3 Å². The van der Waals surface area contributed by atoms with Gasteiger partial charge in [-0.25, -0.2) is 4.98 Å². The fourth-order valence-electron chi connectivity index (χ4n) is 3.34. The Morgan fingerprint density at radius 2 is 2.21 bits per heavy atom. The SMILES string of the molecule is CC1CC(c2nc3cnccc3n2C2CC2)CCN1. The topological polar surface area (TPSA) is 42.7 Å². The van der Waals surface area contributed by atoms with E-state index in [4.69, 9.17) is 4.98 Å². The van der Waals surface area contributed by atoms with Crippen LogP contribution in [-0.4, -0.2) is 27.1 Å². The first-order chi connectivity index (χ1) is 9.33. The van der Waals surface area contributed by atoms with Crippen molar-refractivity contribution in [2.45, 2.75) is 50.6 Å². The first-order valence-electron chi connectivity index (χ1n) is 7.38. The van der Waals surface area contributed by atoms with Gasteiger partial charge in [0.05, 0.1) is 11.7 Å². The van der Waals surface area contributed by atoms with Crippen molar-refractivity contribution in [2.75, 3.05) is 6.54 Å². The van der Waals surface area contributed by atoms with Gasteiger partial charge in [0.15, 0.2) is 0 Å². The summed E-state index contributed by atoms with van der Waals surface area (Å²) in [6.07, 6.45) is 8.81. The third-order valence-corrected chi connectivity index (χ3v) is 4.42. The summed E-state index contributed by atoms with van der Waals surface area (Å²) >= 11 is 0. The molecule has 19 heavy (non-hydrogen) atoms. The van der Waals surface area contributed by atoms with Gasteiger partial charge in [-0.1, -0.05) is 0 Å². The van der Waals surface area contributed by atoms with E-state index in [2.05, 4.69) is 27.9 Å². The maximum atomic E-state index is 4.90. The number of hydrogen-bond donors (Lipinski definition) is 1. The number of aromatic nitrogens is 3. The Bertz CT molecular complexity index is 599. The van der Waals surface area contributed by atoms with Gasteiger partial charge in [-0.3, -0.25) is 4.98 Å². The second-order valence-electron chi connectivity index (χ2n) is 6.01. The van der Waals surface area contributed by atoms with E-state index >= 15 is 0 Å². The molecule has 2 aromatic heterocycles. The predicted octanol–water partition coefficient (Wildman–Crippen LogP) is 2.62. The zero-order valence-electron chi connectivity index (χ0n) is 11.3. The fourth-order valence-corrected chi connectivity index (χ4v) is 3.34. The van der Waals surface area contributed by atoms with Crippen LogP contribution < -0.4 is 5.32 Å². The maximum absolute atomic E-state index is 4.90. The van der Waals surface area contributed by atoms with Crippen molar-refractivity contribution in [1.29, 1.82) is 0 Å². The summed E-state index contributed by atoms with van der Waals surface area (Å²) < 4.78 is 2.50. The van der Waals surface area contributed by atoms with Gasteiger partial charge in [-0.2, -0.15) is 0 Å². The molecule has 100 valence electrons. The Labute approximate surface area is 113 Å². The standard InChI is InChI=1S/C15H20N4/c1-10-8-11(4-7-17-10)15-18-13-9-16-6-5-14(13)19(15)12-2-3-12/h5-6,9-12,17H,2-4,7-8H2,1H3. The molecule has 0 aromatic carbocycles. The summed E-state index contributed by atoms with van der Waals surface area (Å²) in [6, 6.07) is 3.41. The molecule has 0 spiro atoms. The lowest BCUT2D eigenvalue weighted by atomic mass is 9.92. The molecule has 4 rings (SSSR count). The van der Waals surface area contributed by atoms with E-state index < -0.39 is 0 Å². The van der Waals surface area contributed by atoms with E-state index in [0.29, 0.717) is 18.0 Å². The fraction of sp³-hybridized carbons (Fsp3) is 0.600. The van der Waals surface area contributed by atoms with Crippen LogP contribution in [0.15, 0.2) is 18.5 Å². The third-order valence-electron chi connectivity index (χ3n) is 4.42. The van der Waals surface area contributed by atoms with Gasteiger partial charge >= 0.3 is 0 Å². The van der Waals surface area contributed by atoms with Crippen LogP contribution in [0.5, 0.6) is 0 Å². The molecule has 0 radical (unpaired) electrons. The van der Waals surface area contributed by atoms with Crippen LogP contribution in [0.2, 0.25) is 0 Å². The molecule has 4 heteroatoms. The third kappa shape index (κ3) is 1.94. The minimum Gasteiger partial charge on any atom is -0.325 e. The number of piperidine rings is 1. The molecule has 0 amide bonds. The normalized spacial score (nSPS) is 27.8. The van der Waals surface area contributed by atoms with Gasteiger partial charge in [-0.05, 0) is 45.2 Å². The van der Waals surface area contributed by atoms with Gasteiger partial charge < -0.3 is 9.88 Å². The summed E-state index contributed by atoms with van der Waals surface area (Å²) in [6.45, 7) is 3.38. The Balaban J connectivity index is 1.81. The van der Waals surface area contributed by atoms with E-state index in [0.717, 1.165) is 12.1 Å². The summed E-state index contributed by atoms with van der Waals surface area (Å²) in [5.41, 5.74) is 2.34. The number of fused-ring (bicyclic) bond motifs is 1. The zero-order valence-corrected chi connectivity index (χ0v) is 11.3. The molecule has 2 atom stereocenters. The molecule has 2 unspecified atom stereocenters. The highest BCUT2D eigenvalue weighted by Crippen LogP contribution is 2.41. The average molecular weight is 256 g/mol. The number of nitrogens with zero attached hydrogens (tertiary/aromatic N) is 3. The molecule has 2 fully saturated rings. The van der Waals surface area contributed by atoms with Crippen molar-refractivity contribution in [3.8, 4) is 0 Å². The van der Waals surface area contributed by atoms with Crippen molar-refractivity contribution in [1.82, 2.24) is 19.9 Å². The van der Waals surface area contributed by atoms with Gasteiger partial charge in [0.2, 0.25) is 0 Å². The van der Waals surface area contributed by atoms with Gasteiger partial charge in [-0.15, -0.1) is 0 Å². The van der Waals surface area contributed by atoms with Crippen LogP contribution in [0.25, 0.3) is 11.0 Å². The lowest BCUT2D eigenvalue weighted by Crippen LogP contribution is -2.35. The molecule has 1 saturated heterocycles. The van der Waals surface area contributed by atoms with Crippen molar-refractivity contribution in [3.63, 3.8) is 0 Å². The minimum atomic E-state index is 0.601. The molecule has 0 bridgehead atoms. The van der Waals surface area contributed by atoms with Crippen molar-refractivity contribution in [2.24, 2.45) is 0 Å². The molecule has 1 saturated carbocycles. The molecule has 1 N–H and O–H groups in total. The second-order valence-corrected chi connectivity index (χ2v) is 6.01.